The van der Waals surface area contributed by atoms with E-state index in [9.17, 15) is 4.79 Å². The Bertz CT molecular complexity index is 324. The maximum absolute atomic E-state index is 12.2. The highest BCUT2D eigenvalue weighted by molar-refractivity contribution is 7.80. The third-order valence-corrected chi connectivity index (χ3v) is 4.94. The number of carbonyl (C=O) groups excluding carboxylic acids is 1. The lowest BCUT2D eigenvalue weighted by atomic mass is 9.75. The van der Waals surface area contributed by atoms with Gasteiger partial charge in [-0.2, -0.15) is 0 Å². The summed E-state index contributed by atoms with van der Waals surface area (Å²) >= 11 is 5.02. The summed E-state index contributed by atoms with van der Waals surface area (Å²) in [5, 5.41) is 3.06. The van der Waals surface area contributed by atoms with Gasteiger partial charge in [-0.1, -0.05) is 45.3 Å². The minimum atomic E-state index is -0.708. The van der Waals surface area contributed by atoms with Crippen LogP contribution in [0.25, 0.3) is 0 Å². The molecule has 1 atom stereocenters. The van der Waals surface area contributed by atoms with Crippen molar-refractivity contribution in [2.24, 2.45) is 16.6 Å². The molecule has 0 aromatic rings. The highest BCUT2D eigenvalue weighted by Gasteiger charge is 2.36. The summed E-state index contributed by atoms with van der Waals surface area (Å²) in [4.78, 5) is 12.5. The number of nitrogens with one attached hydrogen (secondary N) is 1. The van der Waals surface area contributed by atoms with Crippen molar-refractivity contribution in [1.29, 1.82) is 0 Å². The molecule has 1 amide bonds. The zero-order chi connectivity index (χ0) is 13.8. The van der Waals surface area contributed by atoms with Crippen LogP contribution in [0.15, 0.2) is 0 Å². The molecule has 0 radical (unpaired) electrons. The van der Waals surface area contributed by atoms with Gasteiger partial charge in [0, 0.05) is 6.54 Å². The highest BCUT2D eigenvalue weighted by atomic mass is 32.1. The molecule has 0 saturated heterocycles. The van der Waals surface area contributed by atoms with Crippen LogP contribution in [0.1, 0.15) is 59.3 Å². The highest BCUT2D eigenvalue weighted by Crippen LogP contribution is 2.35. The molecule has 18 heavy (non-hydrogen) atoms. The topological polar surface area (TPSA) is 55.1 Å². The standard InChI is InChI=1S/C14H26N2OS/c1-4-14(3,11(15)18)12(17)16-10-13(2)8-6-5-7-9-13/h4-10H2,1-3H3,(H2,15,18)(H,16,17). The van der Waals surface area contributed by atoms with E-state index in [1.54, 1.807) is 0 Å². The molecule has 3 nitrogen and oxygen atoms in total. The molecule has 0 aromatic carbocycles. The monoisotopic (exact) mass is 270 g/mol. The first-order valence-corrected chi connectivity index (χ1v) is 7.33. The number of nitrogens with two attached hydrogens (primary N) is 1. The fraction of sp³-hybridized carbons (Fsp3) is 0.857. The van der Waals surface area contributed by atoms with Crippen molar-refractivity contribution in [1.82, 2.24) is 5.32 Å². The van der Waals surface area contributed by atoms with Crippen LogP contribution < -0.4 is 11.1 Å². The minimum Gasteiger partial charge on any atom is -0.392 e. The number of carbonyl (C=O) groups is 1. The van der Waals surface area contributed by atoms with Crippen molar-refractivity contribution in [2.45, 2.75) is 59.3 Å². The summed E-state index contributed by atoms with van der Waals surface area (Å²) in [5.74, 6) is -0.0238. The molecule has 0 aliphatic heterocycles. The van der Waals surface area contributed by atoms with Crippen molar-refractivity contribution < 1.29 is 4.79 Å². The Kier molecular flexibility index (Phi) is 5.14. The number of hydrogen-bond acceptors (Lipinski definition) is 2. The molecule has 4 heteroatoms. The SMILES string of the molecule is CCC(C)(C(=O)NCC1(C)CCCCC1)C(N)=S. The number of rotatable bonds is 5. The van der Waals surface area contributed by atoms with Crippen LogP contribution in [0.2, 0.25) is 0 Å². The molecule has 0 bridgehead atoms. The Hall–Kier alpha value is -0.640. The molecule has 1 rings (SSSR count). The maximum atomic E-state index is 12.2. The van der Waals surface area contributed by atoms with E-state index in [0.29, 0.717) is 6.42 Å². The fourth-order valence-electron chi connectivity index (χ4n) is 2.52. The average Bonchev–Trinajstić information content (AvgIpc) is 2.35. The summed E-state index contributed by atoms with van der Waals surface area (Å²) in [6.45, 7) is 6.77. The van der Waals surface area contributed by atoms with E-state index in [4.69, 9.17) is 18.0 Å². The third-order valence-electron chi connectivity index (χ3n) is 4.49. The minimum absolute atomic E-state index is 0.0238. The second-order valence-corrected chi connectivity index (χ2v) is 6.54. The summed E-state index contributed by atoms with van der Waals surface area (Å²) in [6.07, 6.45) is 6.90. The Morgan fingerprint density at radius 1 is 1.39 bits per heavy atom. The molecular formula is C14H26N2OS. The van der Waals surface area contributed by atoms with E-state index in [1.807, 2.05) is 13.8 Å². The molecule has 1 aliphatic carbocycles. The second kappa shape index (κ2) is 6.00. The second-order valence-electron chi connectivity index (χ2n) is 6.10. The lowest BCUT2D eigenvalue weighted by Gasteiger charge is -2.35. The lowest BCUT2D eigenvalue weighted by Crippen LogP contribution is -2.49. The fourth-order valence-corrected chi connectivity index (χ4v) is 2.75. The van der Waals surface area contributed by atoms with Crippen LogP contribution in [0.4, 0.5) is 0 Å². The molecule has 3 N–H and O–H groups in total. The number of hydrogen-bond donors (Lipinski definition) is 2. The van der Waals surface area contributed by atoms with E-state index in [2.05, 4.69) is 12.2 Å². The van der Waals surface area contributed by atoms with E-state index >= 15 is 0 Å². The Balaban J connectivity index is 2.57. The molecule has 1 saturated carbocycles. The van der Waals surface area contributed by atoms with Gasteiger partial charge < -0.3 is 11.1 Å². The van der Waals surface area contributed by atoms with Gasteiger partial charge in [-0.25, -0.2) is 0 Å². The van der Waals surface area contributed by atoms with Gasteiger partial charge in [0.05, 0.1) is 10.4 Å². The van der Waals surface area contributed by atoms with Crippen LogP contribution in [-0.2, 0) is 4.79 Å². The first kappa shape index (κ1) is 15.4. The van der Waals surface area contributed by atoms with Crippen LogP contribution in [0, 0.1) is 10.8 Å². The van der Waals surface area contributed by atoms with Gasteiger partial charge in [0.25, 0.3) is 0 Å². The zero-order valence-electron chi connectivity index (χ0n) is 11.8. The van der Waals surface area contributed by atoms with Gasteiger partial charge in [-0.15, -0.1) is 0 Å². The van der Waals surface area contributed by atoms with Crippen LogP contribution >= 0.6 is 12.2 Å². The third kappa shape index (κ3) is 3.44. The van der Waals surface area contributed by atoms with E-state index < -0.39 is 5.41 Å². The van der Waals surface area contributed by atoms with Gasteiger partial charge >= 0.3 is 0 Å². The largest absolute Gasteiger partial charge is 0.392 e. The van der Waals surface area contributed by atoms with Crippen LogP contribution in [0.5, 0.6) is 0 Å². The summed E-state index contributed by atoms with van der Waals surface area (Å²) < 4.78 is 0. The van der Waals surface area contributed by atoms with Crippen LogP contribution in [0.3, 0.4) is 0 Å². The maximum Gasteiger partial charge on any atom is 0.232 e. The summed E-state index contributed by atoms with van der Waals surface area (Å²) in [5.41, 5.74) is 5.24. The van der Waals surface area contributed by atoms with Gasteiger partial charge in [0.15, 0.2) is 0 Å². The molecule has 1 unspecified atom stereocenters. The molecule has 1 fully saturated rings. The molecule has 1 aliphatic rings. The van der Waals surface area contributed by atoms with E-state index in [1.165, 1.54) is 32.1 Å². The summed E-state index contributed by atoms with van der Waals surface area (Å²) in [7, 11) is 0. The van der Waals surface area contributed by atoms with Crippen molar-refractivity contribution in [3.05, 3.63) is 0 Å². The Morgan fingerprint density at radius 2 is 1.94 bits per heavy atom. The Morgan fingerprint density at radius 3 is 2.39 bits per heavy atom. The first-order valence-electron chi connectivity index (χ1n) is 6.92. The van der Waals surface area contributed by atoms with Crippen molar-refractivity contribution in [3.63, 3.8) is 0 Å². The predicted molar refractivity (Wildman–Crippen MR) is 79.4 cm³/mol. The zero-order valence-corrected chi connectivity index (χ0v) is 12.7. The number of amides is 1. The van der Waals surface area contributed by atoms with E-state index in [0.717, 1.165) is 6.54 Å². The first-order chi connectivity index (χ1) is 8.34. The Labute approximate surface area is 116 Å². The van der Waals surface area contributed by atoms with Gasteiger partial charge in [0.1, 0.15) is 0 Å². The summed E-state index contributed by atoms with van der Waals surface area (Å²) in [6, 6.07) is 0. The van der Waals surface area contributed by atoms with Crippen molar-refractivity contribution >= 4 is 23.1 Å². The van der Waals surface area contributed by atoms with Gasteiger partial charge in [0.2, 0.25) is 5.91 Å². The van der Waals surface area contributed by atoms with Crippen molar-refractivity contribution in [3.8, 4) is 0 Å². The predicted octanol–water partition coefficient (Wildman–Crippen LogP) is 2.78. The van der Waals surface area contributed by atoms with Gasteiger partial charge in [-0.05, 0) is 31.6 Å². The van der Waals surface area contributed by atoms with Crippen LogP contribution in [-0.4, -0.2) is 17.4 Å². The lowest BCUT2D eigenvalue weighted by molar-refractivity contribution is -0.127. The molecule has 104 valence electrons. The van der Waals surface area contributed by atoms with Gasteiger partial charge in [-0.3, -0.25) is 4.79 Å². The quantitative estimate of drug-likeness (QED) is 0.755. The average molecular weight is 270 g/mol. The normalized spacial score (nSPS) is 21.9. The van der Waals surface area contributed by atoms with Crippen molar-refractivity contribution in [2.75, 3.05) is 6.54 Å². The molecule has 0 spiro atoms. The smallest absolute Gasteiger partial charge is 0.232 e. The molecular weight excluding hydrogens is 244 g/mol. The molecule has 0 aromatic heterocycles. The van der Waals surface area contributed by atoms with E-state index in [-0.39, 0.29) is 16.3 Å². The number of thiocarbonyl (C=S) groups is 1. The molecule has 0 heterocycles.